The maximum absolute atomic E-state index is 11.4. The molecule has 1 amide bonds. The summed E-state index contributed by atoms with van der Waals surface area (Å²) in [7, 11) is 0. The van der Waals surface area contributed by atoms with E-state index >= 15 is 0 Å². The molecule has 0 bridgehead atoms. The molecule has 1 aromatic heterocycles. The predicted molar refractivity (Wildman–Crippen MR) is 62.7 cm³/mol. The summed E-state index contributed by atoms with van der Waals surface area (Å²) in [6, 6.07) is 3.62. The van der Waals surface area contributed by atoms with Crippen LogP contribution in [0.15, 0.2) is 12.1 Å². The molecule has 1 fully saturated rings. The van der Waals surface area contributed by atoms with Gasteiger partial charge in [-0.05, 0) is 31.9 Å². The van der Waals surface area contributed by atoms with Crippen LogP contribution < -0.4 is 10.6 Å². The van der Waals surface area contributed by atoms with Crippen molar-refractivity contribution in [2.24, 2.45) is 0 Å². The number of amides is 1. The molecule has 92 valence electrons. The highest BCUT2D eigenvalue weighted by atomic mass is 16.3. The zero-order valence-electron chi connectivity index (χ0n) is 9.68. The van der Waals surface area contributed by atoms with Gasteiger partial charge in [-0.1, -0.05) is 0 Å². The van der Waals surface area contributed by atoms with Crippen molar-refractivity contribution in [1.29, 1.82) is 0 Å². The minimum atomic E-state index is -0.217. The molecule has 0 spiro atoms. The number of hydrogen-bond donors (Lipinski definition) is 3. The van der Waals surface area contributed by atoms with E-state index in [1.807, 2.05) is 6.92 Å². The standard InChI is InChI=1S/C11H16N4O2/c1-2-12-11(17)9-3-4-10(15-14-9)13-7-5-8(16)6-7/h3-4,7-8,16H,2,5-6H2,1H3,(H,12,17)(H,13,15). The molecule has 0 aromatic carbocycles. The number of aliphatic hydroxyl groups is 1. The monoisotopic (exact) mass is 236 g/mol. The quantitative estimate of drug-likeness (QED) is 0.693. The van der Waals surface area contributed by atoms with Crippen LogP contribution in [0, 0.1) is 0 Å². The van der Waals surface area contributed by atoms with Crippen molar-refractivity contribution in [2.45, 2.75) is 31.9 Å². The molecule has 0 unspecified atom stereocenters. The lowest BCUT2D eigenvalue weighted by molar-refractivity contribution is 0.0835. The van der Waals surface area contributed by atoms with Gasteiger partial charge in [0.15, 0.2) is 5.69 Å². The Hall–Kier alpha value is -1.69. The fourth-order valence-corrected chi connectivity index (χ4v) is 1.70. The molecule has 1 aliphatic carbocycles. The molecule has 3 N–H and O–H groups in total. The van der Waals surface area contributed by atoms with E-state index < -0.39 is 0 Å². The summed E-state index contributed by atoms with van der Waals surface area (Å²) >= 11 is 0. The number of nitrogens with zero attached hydrogens (tertiary/aromatic N) is 2. The summed E-state index contributed by atoms with van der Waals surface area (Å²) < 4.78 is 0. The number of aromatic nitrogens is 2. The van der Waals surface area contributed by atoms with Crippen molar-refractivity contribution in [2.75, 3.05) is 11.9 Å². The van der Waals surface area contributed by atoms with Crippen LogP contribution in [0.25, 0.3) is 0 Å². The Bertz CT molecular complexity index is 387. The van der Waals surface area contributed by atoms with Crippen molar-refractivity contribution in [3.63, 3.8) is 0 Å². The zero-order valence-corrected chi connectivity index (χ0v) is 9.68. The first-order chi connectivity index (χ1) is 8.19. The van der Waals surface area contributed by atoms with E-state index in [9.17, 15) is 4.79 Å². The van der Waals surface area contributed by atoms with E-state index in [2.05, 4.69) is 20.8 Å². The summed E-state index contributed by atoms with van der Waals surface area (Å²) in [5.41, 5.74) is 0.311. The van der Waals surface area contributed by atoms with Gasteiger partial charge in [0.2, 0.25) is 0 Å². The largest absolute Gasteiger partial charge is 0.393 e. The minimum Gasteiger partial charge on any atom is -0.393 e. The second-order valence-corrected chi connectivity index (χ2v) is 4.13. The maximum Gasteiger partial charge on any atom is 0.271 e. The number of nitrogens with one attached hydrogen (secondary N) is 2. The number of rotatable bonds is 4. The van der Waals surface area contributed by atoms with E-state index in [1.165, 1.54) is 0 Å². The van der Waals surface area contributed by atoms with Gasteiger partial charge in [0, 0.05) is 12.6 Å². The minimum absolute atomic E-state index is 0.199. The molecular weight excluding hydrogens is 220 g/mol. The van der Waals surface area contributed by atoms with Gasteiger partial charge in [0.1, 0.15) is 5.82 Å². The first kappa shape index (κ1) is 11.8. The zero-order chi connectivity index (χ0) is 12.3. The topological polar surface area (TPSA) is 87.1 Å². The fraction of sp³-hybridized carbons (Fsp3) is 0.545. The lowest BCUT2D eigenvalue weighted by atomic mass is 9.89. The maximum atomic E-state index is 11.4. The molecule has 0 saturated heterocycles. The molecule has 17 heavy (non-hydrogen) atoms. The van der Waals surface area contributed by atoms with Crippen molar-refractivity contribution in [3.05, 3.63) is 17.8 Å². The van der Waals surface area contributed by atoms with Crippen LogP contribution in [-0.2, 0) is 0 Å². The SMILES string of the molecule is CCNC(=O)c1ccc(NC2CC(O)C2)nn1. The smallest absolute Gasteiger partial charge is 0.271 e. The Morgan fingerprint density at radius 1 is 1.47 bits per heavy atom. The number of aliphatic hydroxyl groups excluding tert-OH is 1. The Balaban J connectivity index is 1.91. The van der Waals surface area contributed by atoms with Crippen LogP contribution in [0.5, 0.6) is 0 Å². The van der Waals surface area contributed by atoms with Crippen molar-refractivity contribution >= 4 is 11.7 Å². The average molecular weight is 236 g/mol. The van der Waals surface area contributed by atoms with E-state index in [1.54, 1.807) is 12.1 Å². The Kier molecular flexibility index (Phi) is 3.53. The van der Waals surface area contributed by atoms with Crippen LogP contribution in [0.1, 0.15) is 30.3 Å². The lowest BCUT2D eigenvalue weighted by Crippen LogP contribution is -2.39. The first-order valence-corrected chi connectivity index (χ1v) is 5.75. The van der Waals surface area contributed by atoms with Gasteiger partial charge in [-0.2, -0.15) is 0 Å². The summed E-state index contributed by atoms with van der Waals surface area (Å²) in [5, 5.41) is 22.7. The second kappa shape index (κ2) is 5.09. The average Bonchev–Trinajstić information content (AvgIpc) is 2.28. The molecule has 1 aromatic rings. The van der Waals surface area contributed by atoms with Crippen LogP contribution in [-0.4, -0.2) is 39.9 Å². The second-order valence-electron chi connectivity index (χ2n) is 4.13. The first-order valence-electron chi connectivity index (χ1n) is 5.75. The lowest BCUT2D eigenvalue weighted by Gasteiger charge is -2.32. The summed E-state index contributed by atoms with van der Waals surface area (Å²) in [5.74, 6) is 0.417. The van der Waals surface area contributed by atoms with Crippen LogP contribution >= 0.6 is 0 Å². The summed E-state index contributed by atoms with van der Waals surface area (Å²) in [6.45, 7) is 2.42. The third-order valence-corrected chi connectivity index (χ3v) is 2.70. The molecule has 0 radical (unpaired) electrons. The Labute approximate surface area is 99.4 Å². The van der Waals surface area contributed by atoms with Gasteiger partial charge < -0.3 is 15.7 Å². The van der Waals surface area contributed by atoms with Gasteiger partial charge in [-0.3, -0.25) is 4.79 Å². The molecule has 2 rings (SSSR count). The molecule has 1 heterocycles. The molecule has 6 nitrogen and oxygen atoms in total. The van der Waals surface area contributed by atoms with E-state index in [0.29, 0.717) is 18.1 Å². The highest BCUT2D eigenvalue weighted by Gasteiger charge is 2.27. The number of hydrogen-bond acceptors (Lipinski definition) is 5. The molecule has 0 aliphatic heterocycles. The van der Waals surface area contributed by atoms with Crippen molar-refractivity contribution in [3.8, 4) is 0 Å². The van der Waals surface area contributed by atoms with E-state index in [-0.39, 0.29) is 18.1 Å². The highest BCUT2D eigenvalue weighted by Crippen LogP contribution is 2.22. The van der Waals surface area contributed by atoms with Crippen molar-refractivity contribution in [1.82, 2.24) is 15.5 Å². The van der Waals surface area contributed by atoms with Gasteiger partial charge in [0.05, 0.1) is 6.10 Å². The van der Waals surface area contributed by atoms with Gasteiger partial charge in [-0.25, -0.2) is 0 Å². The van der Waals surface area contributed by atoms with Crippen LogP contribution in [0.4, 0.5) is 5.82 Å². The van der Waals surface area contributed by atoms with Gasteiger partial charge >= 0.3 is 0 Å². The summed E-state index contributed by atoms with van der Waals surface area (Å²) in [6.07, 6.45) is 1.27. The number of anilines is 1. The number of carbonyl (C=O) groups excluding carboxylic acids is 1. The highest BCUT2D eigenvalue weighted by molar-refractivity contribution is 5.92. The third-order valence-electron chi connectivity index (χ3n) is 2.70. The van der Waals surface area contributed by atoms with Gasteiger partial charge in [-0.15, -0.1) is 10.2 Å². The van der Waals surface area contributed by atoms with Crippen LogP contribution in [0.3, 0.4) is 0 Å². The molecule has 6 heteroatoms. The number of carbonyl (C=O) groups is 1. The van der Waals surface area contributed by atoms with Gasteiger partial charge in [0.25, 0.3) is 5.91 Å². The van der Waals surface area contributed by atoms with E-state index in [0.717, 1.165) is 12.8 Å². The third kappa shape index (κ3) is 2.91. The van der Waals surface area contributed by atoms with E-state index in [4.69, 9.17) is 5.11 Å². The fourth-order valence-electron chi connectivity index (χ4n) is 1.70. The summed E-state index contributed by atoms with van der Waals surface area (Å²) in [4.78, 5) is 11.4. The Morgan fingerprint density at radius 3 is 2.76 bits per heavy atom. The molecule has 1 saturated carbocycles. The molecular formula is C11H16N4O2. The van der Waals surface area contributed by atoms with Crippen LogP contribution in [0.2, 0.25) is 0 Å². The normalized spacial score (nSPS) is 22.7. The van der Waals surface area contributed by atoms with Crippen molar-refractivity contribution < 1.29 is 9.90 Å². The predicted octanol–water partition coefficient (Wildman–Crippen LogP) is 0.161. The molecule has 1 aliphatic rings. The Morgan fingerprint density at radius 2 is 2.24 bits per heavy atom. The molecule has 0 atom stereocenters.